The monoisotopic (exact) mass is 178 g/mol. The second-order valence-electron chi connectivity index (χ2n) is 3.54. The van der Waals surface area contributed by atoms with Gasteiger partial charge in [0, 0.05) is 0 Å². The molecule has 0 radical (unpaired) electrons. The number of rotatable bonds is 1. The fourth-order valence-corrected chi connectivity index (χ4v) is 1.76. The minimum atomic E-state index is 1.29. The van der Waals surface area contributed by atoms with Crippen molar-refractivity contribution in [2.45, 2.75) is 0 Å². The summed E-state index contributed by atoms with van der Waals surface area (Å²) in [6.07, 6.45) is 4.30. The molecule has 0 unspecified atom stereocenters. The summed E-state index contributed by atoms with van der Waals surface area (Å²) in [5, 5.41) is 0. The zero-order valence-corrected chi connectivity index (χ0v) is 7.77. The molecule has 1 aliphatic rings. The van der Waals surface area contributed by atoms with Crippen molar-refractivity contribution in [1.82, 2.24) is 0 Å². The summed E-state index contributed by atoms with van der Waals surface area (Å²) >= 11 is 0. The smallest absolute Gasteiger partial charge is 0.0178 e. The van der Waals surface area contributed by atoms with Gasteiger partial charge in [0.1, 0.15) is 0 Å². The first kappa shape index (κ1) is 7.57. The van der Waals surface area contributed by atoms with Gasteiger partial charge in [-0.25, -0.2) is 0 Å². The largest absolute Gasteiger partial charge is 0.0622 e. The van der Waals surface area contributed by atoms with Crippen molar-refractivity contribution in [3.05, 3.63) is 59.7 Å². The molecular formula is C14H10. The Hall–Kier alpha value is -1.82. The lowest BCUT2D eigenvalue weighted by Crippen LogP contribution is -1.89. The Balaban J connectivity index is 2.11. The van der Waals surface area contributed by atoms with E-state index in [0.717, 1.165) is 0 Å². The highest BCUT2D eigenvalue weighted by Gasteiger charge is 2.06. The molecule has 0 heterocycles. The van der Waals surface area contributed by atoms with Crippen LogP contribution in [0, 0.1) is 0 Å². The first-order valence-corrected chi connectivity index (χ1v) is 4.81. The van der Waals surface area contributed by atoms with E-state index < -0.39 is 0 Å². The molecule has 0 spiro atoms. The van der Waals surface area contributed by atoms with Gasteiger partial charge >= 0.3 is 0 Å². The molecule has 0 saturated carbocycles. The lowest BCUT2D eigenvalue weighted by molar-refractivity contribution is 1.55. The molecule has 2 aromatic carbocycles. The molecule has 1 aliphatic carbocycles. The summed E-state index contributed by atoms with van der Waals surface area (Å²) in [4.78, 5) is 0. The number of hydrogen-bond acceptors (Lipinski definition) is 0. The van der Waals surface area contributed by atoms with Gasteiger partial charge < -0.3 is 0 Å². The van der Waals surface area contributed by atoms with Crippen molar-refractivity contribution < 1.29 is 0 Å². The van der Waals surface area contributed by atoms with Crippen LogP contribution in [-0.4, -0.2) is 0 Å². The van der Waals surface area contributed by atoms with E-state index in [1.54, 1.807) is 0 Å². The van der Waals surface area contributed by atoms with E-state index >= 15 is 0 Å². The van der Waals surface area contributed by atoms with Crippen LogP contribution >= 0.6 is 0 Å². The standard InChI is InChI=1S/C14H10/c1-2-4-11(5-3-1)13-8-6-12-7-9-14(12)10-13/h1-10H. The predicted octanol–water partition coefficient (Wildman–Crippen LogP) is 3.84. The van der Waals surface area contributed by atoms with Crippen LogP contribution in [0.1, 0.15) is 11.1 Å². The first-order chi connectivity index (χ1) is 6.93. The van der Waals surface area contributed by atoms with Gasteiger partial charge in [0.2, 0.25) is 0 Å². The van der Waals surface area contributed by atoms with Gasteiger partial charge in [0.15, 0.2) is 0 Å². The van der Waals surface area contributed by atoms with Crippen LogP contribution in [0.4, 0.5) is 0 Å². The third kappa shape index (κ3) is 1.08. The Morgan fingerprint density at radius 2 is 1.36 bits per heavy atom. The maximum absolute atomic E-state index is 2.24. The van der Waals surface area contributed by atoms with Gasteiger partial charge in [0.05, 0.1) is 0 Å². The van der Waals surface area contributed by atoms with Gasteiger partial charge in [-0.15, -0.1) is 0 Å². The SMILES string of the molecule is C1=Cc2cc(-c3ccccc3)ccc21. The van der Waals surface area contributed by atoms with Crippen LogP contribution in [0.3, 0.4) is 0 Å². The molecule has 2 aromatic rings. The second kappa shape index (κ2) is 2.85. The molecule has 0 amide bonds. The zero-order chi connectivity index (χ0) is 9.38. The summed E-state index contributed by atoms with van der Waals surface area (Å²) in [7, 11) is 0. The highest BCUT2D eigenvalue weighted by Crippen LogP contribution is 2.28. The Kier molecular flexibility index (Phi) is 1.54. The van der Waals surface area contributed by atoms with E-state index in [0.29, 0.717) is 0 Å². The van der Waals surface area contributed by atoms with Gasteiger partial charge in [-0.2, -0.15) is 0 Å². The fourth-order valence-electron chi connectivity index (χ4n) is 1.76. The molecule has 14 heavy (non-hydrogen) atoms. The molecule has 0 aromatic heterocycles. The average Bonchev–Trinajstić information content (AvgIpc) is 2.21. The molecule has 3 rings (SSSR count). The molecule has 0 heteroatoms. The quantitative estimate of drug-likeness (QED) is 0.531. The van der Waals surface area contributed by atoms with E-state index in [1.165, 1.54) is 22.3 Å². The summed E-state index contributed by atoms with van der Waals surface area (Å²) in [6, 6.07) is 17.1. The van der Waals surface area contributed by atoms with Crippen molar-refractivity contribution in [1.29, 1.82) is 0 Å². The van der Waals surface area contributed by atoms with Crippen LogP contribution in [0.2, 0.25) is 0 Å². The second-order valence-corrected chi connectivity index (χ2v) is 3.54. The van der Waals surface area contributed by atoms with Crippen LogP contribution in [0.25, 0.3) is 23.3 Å². The Bertz CT molecular complexity index is 493. The van der Waals surface area contributed by atoms with Gasteiger partial charge in [0.25, 0.3) is 0 Å². The van der Waals surface area contributed by atoms with Crippen molar-refractivity contribution in [3.63, 3.8) is 0 Å². The van der Waals surface area contributed by atoms with E-state index in [1.807, 2.05) is 6.07 Å². The minimum absolute atomic E-state index is 1.29. The lowest BCUT2D eigenvalue weighted by atomic mass is 9.93. The maximum Gasteiger partial charge on any atom is -0.0178 e. The van der Waals surface area contributed by atoms with E-state index in [-0.39, 0.29) is 0 Å². The number of hydrogen-bond donors (Lipinski definition) is 0. The van der Waals surface area contributed by atoms with Gasteiger partial charge in [-0.05, 0) is 28.3 Å². The van der Waals surface area contributed by atoms with Crippen LogP contribution < -0.4 is 0 Å². The number of fused-ring (bicyclic) bond motifs is 1. The van der Waals surface area contributed by atoms with E-state index in [4.69, 9.17) is 0 Å². The van der Waals surface area contributed by atoms with Gasteiger partial charge in [-0.1, -0.05) is 54.6 Å². The van der Waals surface area contributed by atoms with Crippen molar-refractivity contribution >= 4 is 12.2 Å². The molecule has 0 fully saturated rings. The molecule has 0 aliphatic heterocycles. The average molecular weight is 178 g/mol. The summed E-state index contributed by atoms with van der Waals surface area (Å²) in [5.74, 6) is 0. The molecule has 0 bridgehead atoms. The van der Waals surface area contributed by atoms with Crippen LogP contribution in [0.5, 0.6) is 0 Å². The Labute approximate surface area is 83.5 Å². The molecule has 0 nitrogen and oxygen atoms in total. The number of benzene rings is 2. The lowest BCUT2D eigenvalue weighted by Gasteiger charge is -2.11. The van der Waals surface area contributed by atoms with Crippen LogP contribution in [-0.2, 0) is 0 Å². The summed E-state index contributed by atoms with van der Waals surface area (Å²) in [5.41, 5.74) is 5.29. The highest BCUT2D eigenvalue weighted by molar-refractivity contribution is 5.87. The van der Waals surface area contributed by atoms with Crippen LogP contribution in [0.15, 0.2) is 48.5 Å². The van der Waals surface area contributed by atoms with E-state index in [9.17, 15) is 0 Å². The first-order valence-electron chi connectivity index (χ1n) is 4.81. The zero-order valence-electron chi connectivity index (χ0n) is 7.77. The van der Waals surface area contributed by atoms with Crippen molar-refractivity contribution in [2.24, 2.45) is 0 Å². The molecular weight excluding hydrogens is 168 g/mol. The topological polar surface area (TPSA) is 0 Å². The van der Waals surface area contributed by atoms with Crippen molar-refractivity contribution in [2.75, 3.05) is 0 Å². The third-order valence-corrected chi connectivity index (χ3v) is 2.64. The predicted molar refractivity (Wildman–Crippen MR) is 60.8 cm³/mol. The highest BCUT2D eigenvalue weighted by atomic mass is 14.1. The Morgan fingerprint density at radius 3 is 2.00 bits per heavy atom. The maximum atomic E-state index is 2.24. The molecule has 0 N–H and O–H groups in total. The Morgan fingerprint density at radius 1 is 0.571 bits per heavy atom. The summed E-state index contributed by atoms with van der Waals surface area (Å²) < 4.78 is 0. The molecule has 0 atom stereocenters. The third-order valence-electron chi connectivity index (χ3n) is 2.64. The van der Waals surface area contributed by atoms with Crippen molar-refractivity contribution in [3.8, 4) is 11.1 Å². The molecule has 66 valence electrons. The molecule has 0 saturated heterocycles. The summed E-state index contributed by atoms with van der Waals surface area (Å²) in [6.45, 7) is 0. The normalized spacial score (nSPS) is 12.0. The minimum Gasteiger partial charge on any atom is -0.0622 e. The van der Waals surface area contributed by atoms with Gasteiger partial charge in [-0.3, -0.25) is 0 Å². The van der Waals surface area contributed by atoms with E-state index in [2.05, 4.69) is 54.6 Å². The fraction of sp³-hybridized carbons (Fsp3) is 0.